The molecule has 3 fully saturated rings. The number of ether oxygens (including phenoxy) is 3. The molecule has 0 saturated carbocycles. The minimum atomic E-state index is -0.500. The molecule has 0 aliphatic carbocycles. The first-order valence-electron chi connectivity index (χ1n) is 16.9. The van der Waals surface area contributed by atoms with E-state index in [-0.39, 0.29) is 6.09 Å². The van der Waals surface area contributed by atoms with E-state index in [0.29, 0.717) is 49.0 Å². The van der Waals surface area contributed by atoms with Crippen LogP contribution in [0.5, 0.6) is 11.6 Å². The van der Waals surface area contributed by atoms with Crippen molar-refractivity contribution in [2.24, 2.45) is 0 Å². The number of anilines is 1. The molecule has 1 amide bonds. The molecule has 0 N–H and O–H groups in total. The Morgan fingerprint density at radius 2 is 1.82 bits per heavy atom. The van der Waals surface area contributed by atoms with Crippen LogP contribution in [0.4, 0.5) is 10.6 Å². The summed E-state index contributed by atoms with van der Waals surface area (Å²) < 4.78 is 18.7. The number of nitrogens with zero attached hydrogens (tertiary/aromatic N) is 9. The van der Waals surface area contributed by atoms with Crippen LogP contribution >= 0.6 is 0 Å². The highest BCUT2D eigenvalue weighted by Gasteiger charge is 2.46. The minimum absolute atomic E-state index is 0.237. The zero-order chi connectivity index (χ0) is 34.1. The Hall–Kier alpha value is -4.93. The van der Waals surface area contributed by atoms with Crippen molar-refractivity contribution in [2.75, 3.05) is 64.4 Å². The van der Waals surface area contributed by atoms with Gasteiger partial charge in [0.25, 0.3) is 0 Å². The summed E-state index contributed by atoms with van der Waals surface area (Å²) in [5.41, 5.74) is 3.63. The van der Waals surface area contributed by atoms with Gasteiger partial charge >= 0.3 is 6.09 Å². The van der Waals surface area contributed by atoms with Gasteiger partial charge in [-0.1, -0.05) is 6.07 Å². The number of hydrogen-bond acceptors (Lipinski definition) is 11. The maximum atomic E-state index is 12.6. The number of methoxy groups -OCH3 is 1. The molecule has 7 rings (SSSR count). The molecule has 4 aromatic heterocycles. The standard InChI is InChI=1S/C36H43N9O4/c1-36(2,3)49-35(46)43-22-28-15-29(23-43)44(28)13-14-48-30-16-31(34-27(17-37)20-40-45(34)24-30)26-6-7-32(38-19-26)42-11-9-41(10-12-42)21-25-5-8-33(47-4)39-18-25/h5-8,16,18-20,24,28-29H,9-15,21-23H2,1-4H3. The van der Waals surface area contributed by atoms with Crippen LogP contribution in [0.15, 0.2) is 55.1 Å². The lowest BCUT2D eigenvalue weighted by Gasteiger charge is -2.56. The van der Waals surface area contributed by atoms with Crippen molar-refractivity contribution >= 4 is 17.4 Å². The van der Waals surface area contributed by atoms with Gasteiger partial charge in [0.15, 0.2) is 0 Å². The van der Waals surface area contributed by atoms with Gasteiger partial charge in [0.1, 0.15) is 29.8 Å². The maximum Gasteiger partial charge on any atom is 0.410 e. The average Bonchev–Trinajstić information content (AvgIpc) is 3.53. The van der Waals surface area contributed by atoms with E-state index in [4.69, 9.17) is 19.2 Å². The highest BCUT2D eigenvalue weighted by Crippen LogP contribution is 2.34. The lowest BCUT2D eigenvalue weighted by molar-refractivity contribution is -0.0768. The summed E-state index contributed by atoms with van der Waals surface area (Å²) in [5.74, 6) is 2.22. The first-order chi connectivity index (χ1) is 23.7. The summed E-state index contributed by atoms with van der Waals surface area (Å²) >= 11 is 0. The van der Waals surface area contributed by atoms with Gasteiger partial charge < -0.3 is 24.0 Å². The molecule has 2 unspecified atom stereocenters. The van der Waals surface area contributed by atoms with Gasteiger partial charge in [-0.3, -0.25) is 9.80 Å². The molecule has 2 bridgehead atoms. The number of carbonyl (C=O) groups excluding carboxylic acids is 1. The Morgan fingerprint density at radius 3 is 2.47 bits per heavy atom. The molecule has 3 saturated heterocycles. The molecule has 0 spiro atoms. The van der Waals surface area contributed by atoms with Crippen molar-refractivity contribution < 1.29 is 19.0 Å². The lowest BCUT2D eigenvalue weighted by atomic mass is 9.88. The average molecular weight is 666 g/mol. The molecule has 2 atom stereocenters. The summed E-state index contributed by atoms with van der Waals surface area (Å²) in [7, 11) is 1.63. The number of piperazine rings is 2. The number of piperidine rings is 1. The third kappa shape index (κ3) is 7.11. The molecule has 13 nitrogen and oxygen atoms in total. The molecule has 13 heteroatoms. The second kappa shape index (κ2) is 13.5. The first-order valence-corrected chi connectivity index (χ1v) is 16.9. The van der Waals surface area contributed by atoms with Gasteiger partial charge in [-0.05, 0) is 51.0 Å². The van der Waals surface area contributed by atoms with Crippen LogP contribution < -0.4 is 14.4 Å². The van der Waals surface area contributed by atoms with Crippen LogP contribution in [0.1, 0.15) is 38.3 Å². The van der Waals surface area contributed by atoms with Crippen LogP contribution in [0.2, 0.25) is 0 Å². The number of amides is 1. The number of likely N-dealkylation sites (tertiary alicyclic amines) is 2. The molecule has 4 aromatic rings. The number of hydrogen-bond donors (Lipinski definition) is 0. The number of nitriles is 1. The fourth-order valence-electron chi connectivity index (χ4n) is 7.03. The lowest BCUT2D eigenvalue weighted by Crippen LogP contribution is -2.70. The van der Waals surface area contributed by atoms with Crippen molar-refractivity contribution in [1.29, 1.82) is 5.26 Å². The smallest absolute Gasteiger partial charge is 0.410 e. The second-order valence-corrected chi connectivity index (χ2v) is 13.9. The van der Waals surface area contributed by atoms with Crippen molar-refractivity contribution in [3.8, 4) is 28.8 Å². The maximum absolute atomic E-state index is 12.6. The van der Waals surface area contributed by atoms with Crippen molar-refractivity contribution in [2.45, 2.75) is 51.4 Å². The third-order valence-corrected chi connectivity index (χ3v) is 9.49. The van der Waals surface area contributed by atoms with Crippen molar-refractivity contribution in [3.05, 3.63) is 66.2 Å². The normalized spacial score (nSPS) is 19.7. The van der Waals surface area contributed by atoms with Gasteiger partial charge in [0.05, 0.1) is 30.6 Å². The summed E-state index contributed by atoms with van der Waals surface area (Å²) in [6.07, 6.45) is 8.00. The number of aromatic nitrogens is 4. The van der Waals surface area contributed by atoms with E-state index in [1.165, 1.54) is 5.56 Å². The van der Waals surface area contributed by atoms with E-state index < -0.39 is 5.60 Å². The molecule has 3 aliphatic rings. The Bertz CT molecular complexity index is 1810. The second-order valence-electron chi connectivity index (χ2n) is 13.9. The van der Waals surface area contributed by atoms with Crippen LogP contribution in [0, 0.1) is 11.3 Å². The van der Waals surface area contributed by atoms with Gasteiger partial charge in [0, 0.05) is 94.0 Å². The van der Waals surface area contributed by atoms with E-state index in [1.54, 1.807) is 17.8 Å². The predicted molar refractivity (Wildman–Crippen MR) is 184 cm³/mol. The number of carbonyl (C=O) groups is 1. The number of fused-ring (bicyclic) bond motifs is 3. The fraction of sp³-hybridized carbons (Fsp3) is 0.472. The molecule has 49 heavy (non-hydrogen) atoms. The van der Waals surface area contributed by atoms with Crippen LogP contribution in [-0.2, 0) is 11.3 Å². The quantitative estimate of drug-likeness (QED) is 0.257. The zero-order valence-corrected chi connectivity index (χ0v) is 28.6. The SMILES string of the molecule is COc1ccc(CN2CCN(c3ccc(-c4cc(OCCN5C6CC5CN(C(=O)OC(C)(C)C)C6)cn5ncc(C#N)c45)cn3)CC2)cn1. The Kier molecular flexibility index (Phi) is 9.00. The first kappa shape index (κ1) is 32.6. The van der Waals surface area contributed by atoms with E-state index in [2.05, 4.69) is 43.0 Å². The molecule has 256 valence electrons. The zero-order valence-electron chi connectivity index (χ0n) is 28.6. The number of pyridine rings is 3. The summed E-state index contributed by atoms with van der Waals surface area (Å²) in [5, 5.41) is 14.3. The summed E-state index contributed by atoms with van der Waals surface area (Å²) in [4.78, 5) is 30.7. The predicted octanol–water partition coefficient (Wildman–Crippen LogP) is 4.07. The molecule has 7 heterocycles. The molecular weight excluding hydrogens is 622 g/mol. The van der Waals surface area contributed by atoms with Gasteiger partial charge in [0.2, 0.25) is 5.88 Å². The monoisotopic (exact) mass is 665 g/mol. The van der Waals surface area contributed by atoms with Crippen LogP contribution in [-0.4, -0.2) is 118 Å². The van der Waals surface area contributed by atoms with Crippen LogP contribution in [0.3, 0.4) is 0 Å². The Labute approximate surface area is 286 Å². The topological polar surface area (TPSA) is 125 Å². The largest absolute Gasteiger partial charge is 0.491 e. The fourth-order valence-corrected chi connectivity index (χ4v) is 7.03. The molecule has 0 aromatic carbocycles. The molecule has 3 aliphatic heterocycles. The Balaban J connectivity index is 0.975. The van der Waals surface area contributed by atoms with Gasteiger partial charge in [-0.25, -0.2) is 19.3 Å². The highest BCUT2D eigenvalue weighted by atomic mass is 16.6. The van der Waals surface area contributed by atoms with E-state index in [9.17, 15) is 10.1 Å². The molecule has 0 radical (unpaired) electrons. The van der Waals surface area contributed by atoms with Gasteiger partial charge in [-0.15, -0.1) is 0 Å². The van der Waals surface area contributed by atoms with Crippen LogP contribution in [0.25, 0.3) is 16.6 Å². The van der Waals surface area contributed by atoms with E-state index in [1.807, 2.05) is 62.5 Å². The minimum Gasteiger partial charge on any atom is -0.491 e. The summed E-state index contributed by atoms with van der Waals surface area (Å²) in [6, 6.07) is 13.0. The number of rotatable bonds is 9. The third-order valence-electron chi connectivity index (χ3n) is 9.49. The Morgan fingerprint density at radius 1 is 1.02 bits per heavy atom. The van der Waals surface area contributed by atoms with E-state index >= 15 is 0 Å². The molecular formula is C36H43N9O4. The van der Waals surface area contributed by atoms with Crippen molar-refractivity contribution in [3.63, 3.8) is 0 Å². The summed E-state index contributed by atoms with van der Waals surface area (Å²) in [6.45, 7) is 12.7. The van der Waals surface area contributed by atoms with E-state index in [0.717, 1.165) is 68.2 Å². The van der Waals surface area contributed by atoms with Gasteiger partial charge in [-0.2, -0.15) is 10.4 Å². The highest BCUT2D eigenvalue weighted by molar-refractivity contribution is 5.85. The van der Waals surface area contributed by atoms with Crippen molar-refractivity contribution in [1.82, 2.24) is 34.3 Å².